The molecule has 3 aliphatic rings. The Morgan fingerprint density at radius 1 is 1.19 bits per heavy atom. The molecule has 170 valence electrons. The maximum absolute atomic E-state index is 6.27. The van der Waals surface area contributed by atoms with Crippen molar-refractivity contribution in [3.8, 4) is 0 Å². The summed E-state index contributed by atoms with van der Waals surface area (Å²) in [5, 5.41) is 3.34. The molecule has 2 N–H and O–H groups in total. The molecule has 1 atom stereocenters. The van der Waals surface area contributed by atoms with Crippen molar-refractivity contribution in [3.05, 3.63) is 59.7 Å². The first kappa shape index (κ1) is 21.3. The summed E-state index contributed by atoms with van der Waals surface area (Å²) < 4.78 is 6.27. The summed E-state index contributed by atoms with van der Waals surface area (Å²) in [6.07, 6.45) is 13.8. The highest BCUT2D eigenvalue weighted by Gasteiger charge is 2.36. The summed E-state index contributed by atoms with van der Waals surface area (Å²) in [6, 6.07) is 2.30. The highest BCUT2D eigenvalue weighted by molar-refractivity contribution is 5.91. The number of hydrogen-bond donors (Lipinski definition) is 2. The highest BCUT2D eigenvalue weighted by Crippen LogP contribution is 2.39. The third kappa shape index (κ3) is 3.86. The first-order valence-electron chi connectivity index (χ1n) is 11.7. The van der Waals surface area contributed by atoms with E-state index in [4.69, 9.17) is 4.74 Å². The predicted octanol–water partition coefficient (Wildman–Crippen LogP) is 4.64. The lowest BCUT2D eigenvalue weighted by Crippen LogP contribution is -2.44. The minimum Gasteiger partial charge on any atom is -0.375 e. The van der Waals surface area contributed by atoms with E-state index in [0.717, 1.165) is 38.3 Å². The minimum absolute atomic E-state index is 0.0431. The molecule has 32 heavy (non-hydrogen) atoms. The van der Waals surface area contributed by atoms with Gasteiger partial charge in [-0.15, -0.1) is 0 Å². The van der Waals surface area contributed by atoms with Crippen molar-refractivity contribution in [3.63, 3.8) is 0 Å². The van der Waals surface area contributed by atoms with Crippen molar-refractivity contribution in [2.24, 2.45) is 5.41 Å². The van der Waals surface area contributed by atoms with Gasteiger partial charge in [0.25, 0.3) is 0 Å². The van der Waals surface area contributed by atoms with Crippen LogP contribution in [0.3, 0.4) is 0 Å². The number of aromatic amines is 1. The lowest BCUT2D eigenvalue weighted by molar-refractivity contribution is 0.0176. The SMILES string of the molecule is CC(C)(CC1CN(c2c[nH]c3ncc(C(C)(C)C)cc23)CCO1)C1=C2C=CC=CN2NC1. The van der Waals surface area contributed by atoms with Gasteiger partial charge in [0.2, 0.25) is 0 Å². The number of fused-ring (bicyclic) bond motifs is 2. The van der Waals surface area contributed by atoms with Gasteiger partial charge < -0.3 is 14.6 Å². The Labute approximate surface area is 191 Å². The Balaban J connectivity index is 1.36. The van der Waals surface area contributed by atoms with Crippen LogP contribution in [0.15, 0.2) is 54.2 Å². The average molecular weight is 434 g/mol. The van der Waals surface area contributed by atoms with Crippen molar-refractivity contribution in [1.82, 2.24) is 20.4 Å². The Morgan fingerprint density at radius 3 is 2.84 bits per heavy atom. The Hall–Kier alpha value is -2.57. The quantitative estimate of drug-likeness (QED) is 0.736. The molecular formula is C26H35N5O. The van der Waals surface area contributed by atoms with Crippen molar-refractivity contribution >= 4 is 16.7 Å². The maximum Gasteiger partial charge on any atom is 0.139 e. The van der Waals surface area contributed by atoms with Crippen LogP contribution in [-0.4, -0.2) is 47.3 Å². The molecule has 3 aliphatic heterocycles. The molecule has 0 amide bonds. The average Bonchev–Trinajstić information content (AvgIpc) is 3.37. The Bertz CT molecular complexity index is 1100. The lowest BCUT2D eigenvalue weighted by atomic mass is 9.78. The van der Waals surface area contributed by atoms with Crippen molar-refractivity contribution in [2.45, 2.75) is 52.6 Å². The van der Waals surface area contributed by atoms with Gasteiger partial charge in [-0.3, -0.25) is 5.01 Å². The monoisotopic (exact) mass is 433 g/mol. The first-order valence-corrected chi connectivity index (χ1v) is 11.7. The van der Waals surface area contributed by atoms with Crippen LogP contribution in [0.25, 0.3) is 11.0 Å². The van der Waals surface area contributed by atoms with Crippen LogP contribution in [0.1, 0.15) is 46.6 Å². The summed E-state index contributed by atoms with van der Waals surface area (Å²) in [5.74, 6) is 0. The number of nitrogens with one attached hydrogen (secondary N) is 2. The number of hydrazine groups is 1. The lowest BCUT2D eigenvalue weighted by Gasteiger charge is -2.38. The number of ether oxygens (including phenoxy) is 1. The summed E-state index contributed by atoms with van der Waals surface area (Å²) in [5.41, 5.74) is 9.78. The third-order valence-corrected chi connectivity index (χ3v) is 7.00. The molecule has 0 bridgehead atoms. The molecular weight excluding hydrogens is 398 g/mol. The van der Waals surface area contributed by atoms with Crippen LogP contribution in [0.4, 0.5) is 5.69 Å². The van der Waals surface area contributed by atoms with Crippen molar-refractivity contribution in [2.75, 3.05) is 31.1 Å². The van der Waals surface area contributed by atoms with E-state index in [1.165, 1.54) is 27.9 Å². The molecule has 2 aromatic rings. The number of H-pyrrole nitrogens is 1. The smallest absolute Gasteiger partial charge is 0.139 e. The van der Waals surface area contributed by atoms with Gasteiger partial charge in [0.05, 0.1) is 24.1 Å². The van der Waals surface area contributed by atoms with E-state index >= 15 is 0 Å². The fraction of sp³-hybridized carbons (Fsp3) is 0.500. The predicted molar refractivity (Wildman–Crippen MR) is 130 cm³/mol. The fourth-order valence-corrected chi connectivity index (χ4v) is 5.08. The van der Waals surface area contributed by atoms with Crippen LogP contribution in [0.2, 0.25) is 0 Å². The van der Waals surface area contributed by atoms with Crippen LogP contribution in [-0.2, 0) is 10.2 Å². The largest absolute Gasteiger partial charge is 0.375 e. The Kier molecular flexibility index (Phi) is 5.18. The summed E-state index contributed by atoms with van der Waals surface area (Å²) in [6.45, 7) is 14.8. The van der Waals surface area contributed by atoms with Gasteiger partial charge in [0.15, 0.2) is 0 Å². The van der Waals surface area contributed by atoms with E-state index in [1.807, 2.05) is 6.20 Å². The molecule has 0 saturated carbocycles. The number of hydrogen-bond acceptors (Lipinski definition) is 5. The number of pyridine rings is 1. The second kappa shape index (κ2) is 7.78. The molecule has 1 fully saturated rings. The number of nitrogens with zero attached hydrogens (tertiary/aromatic N) is 3. The van der Waals surface area contributed by atoms with Crippen LogP contribution in [0.5, 0.6) is 0 Å². The molecule has 5 rings (SSSR count). The van der Waals surface area contributed by atoms with Crippen LogP contribution < -0.4 is 10.3 Å². The summed E-state index contributed by atoms with van der Waals surface area (Å²) in [4.78, 5) is 10.5. The first-order chi connectivity index (χ1) is 15.2. The van der Waals surface area contributed by atoms with E-state index in [9.17, 15) is 0 Å². The molecule has 0 aliphatic carbocycles. The number of anilines is 1. The highest BCUT2D eigenvalue weighted by atomic mass is 16.5. The second-order valence-corrected chi connectivity index (χ2v) is 10.8. The molecule has 2 aromatic heterocycles. The number of aromatic nitrogens is 2. The number of morpholine rings is 1. The van der Waals surface area contributed by atoms with Gasteiger partial charge in [-0.25, -0.2) is 10.4 Å². The molecule has 6 nitrogen and oxygen atoms in total. The summed E-state index contributed by atoms with van der Waals surface area (Å²) in [7, 11) is 0. The minimum atomic E-state index is 0.0431. The molecule has 0 radical (unpaired) electrons. The van der Waals surface area contributed by atoms with Gasteiger partial charge in [0, 0.05) is 43.6 Å². The topological polar surface area (TPSA) is 56.4 Å². The molecule has 1 unspecified atom stereocenters. The van der Waals surface area contributed by atoms with Crippen LogP contribution >= 0.6 is 0 Å². The number of rotatable bonds is 4. The fourth-order valence-electron chi connectivity index (χ4n) is 5.08. The van der Waals surface area contributed by atoms with E-state index in [1.54, 1.807) is 0 Å². The van der Waals surface area contributed by atoms with Gasteiger partial charge in [-0.1, -0.05) is 40.7 Å². The molecule has 6 heteroatoms. The van der Waals surface area contributed by atoms with E-state index < -0.39 is 0 Å². The van der Waals surface area contributed by atoms with Gasteiger partial charge in [-0.2, -0.15) is 0 Å². The van der Waals surface area contributed by atoms with Crippen molar-refractivity contribution < 1.29 is 4.74 Å². The molecule has 5 heterocycles. The standard InChI is InChI=1S/C26H35N5O/c1-25(2,3)18-12-20-23(16-28-24(20)27-14-18)30-10-11-32-19(17-30)13-26(4,5)21-15-29-31-9-7-6-8-22(21)31/h6-9,12,14,16,19,29H,10-11,13,15,17H2,1-5H3,(H,27,28). The van der Waals surface area contributed by atoms with Gasteiger partial charge >= 0.3 is 0 Å². The normalized spacial score (nSPS) is 21.7. The zero-order chi connectivity index (χ0) is 22.5. The molecule has 0 aromatic carbocycles. The maximum atomic E-state index is 6.27. The Morgan fingerprint density at radius 2 is 2.03 bits per heavy atom. The number of allylic oxidation sites excluding steroid dienone is 3. The summed E-state index contributed by atoms with van der Waals surface area (Å²) >= 11 is 0. The van der Waals surface area contributed by atoms with Gasteiger partial charge in [-0.05, 0) is 46.6 Å². The van der Waals surface area contributed by atoms with E-state index in [0.29, 0.717) is 0 Å². The zero-order valence-electron chi connectivity index (χ0n) is 19.9. The van der Waals surface area contributed by atoms with Gasteiger partial charge in [0.1, 0.15) is 5.65 Å². The third-order valence-electron chi connectivity index (χ3n) is 7.00. The molecule has 0 spiro atoms. The molecule has 1 saturated heterocycles. The van der Waals surface area contributed by atoms with Crippen LogP contribution in [0, 0.1) is 5.41 Å². The van der Waals surface area contributed by atoms with E-state index in [2.05, 4.69) is 96.6 Å². The second-order valence-electron chi connectivity index (χ2n) is 10.8. The van der Waals surface area contributed by atoms with E-state index in [-0.39, 0.29) is 16.9 Å². The zero-order valence-corrected chi connectivity index (χ0v) is 19.9. The van der Waals surface area contributed by atoms with Crippen molar-refractivity contribution in [1.29, 1.82) is 0 Å².